The first-order chi connectivity index (χ1) is 29.0. The van der Waals surface area contributed by atoms with Crippen LogP contribution >= 0.6 is 0 Å². The summed E-state index contributed by atoms with van der Waals surface area (Å²) in [5.74, 6) is -0.177. The highest BCUT2D eigenvalue weighted by Gasteiger charge is 2.35. The Morgan fingerprint density at radius 2 is 1.83 bits per heavy atom. The number of hydrogen-bond donors (Lipinski definition) is 1. The Kier molecular flexibility index (Phi) is 11.2. The van der Waals surface area contributed by atoms with Gasteiger partial charge in [0.1, 0.15) is 25.2 Å². The van der Waals surface area contributed by atoms with Gasteiger partial charge in [-0.25, -0.2) is 15.0 Å². The van der Waals surface area contributed by atoms with Gasteiger partial charge in [0.05, 0.1) is 42.2 Å². The number of piperazine rings is 1. The van der Waals surface area contributed by atoms with Crippen LogP contribution in [-0.2, 0) is 35.3 Å². The smallest absolute Gasteiger partial charge is 0.418 e. The third-order valence-electron chi connectivity index (χ3n) is 10.4. The van der Waals surface area contributed by atoms with Crippen LogP contribution in [0, 0.1) is 6.92 Å². The summed E-state index contributed by atoms with van der Waals surface area (Å²) >= 11 is 0. The number of nitrogens with zero attached hydrogens (tertiary/aromatic N) is 10. The van der Waals surface area contributed by atoms with Crippen LogP contribution in [0.2, 0.25) is 0 Å². The Bertz CT molecular complexity index is 2630. The minimum atomic E-state index is -4.66. The number of nitrogens with one attached hydrogen (secondary N) is 1. The number of fused-ring (bicyclic) bond motifs is 1. The third kappa shape index (κ3) is 8.07. The van der Waals surface area contributed by atoms with Crippen molar-refractivity contribution in [1.82, 2.24) is 43.6 Å². The van der Waals surface area contributed by atoms with Gasteiger partial charge in [0, 0.05) is 44.3 Å². The van der Waals surface area contributed by atoms with Crippen molar-refractivity contribution in [2.24, 2.45) is 0 Å². The van der Waals surface area contributed by atoms with E-state index >= 15 is 0 Å². The lowest BCUT2D eigenvalue weighted by atomic mass is 10.1. The van der Waals surface area contributed by atoms with E-state index < -0.39 is 23.2 Å². The lowest BCUT2D eigenvalue weighted by Crippen LogP contribution is -2.51. The molecule has 0 radical (unpaired) electrons. The number of carbonyl (C=O) groups is 2. The molecule has 1 N–H and O–H groups in total. The highest BCUT2D eigenvalue weighted by molar-refractivity contribution is 5.95. The van der Waals surface area contributed by atoms with E-state index in [2.05, 4.69) is 25.4 Å². The maximum atomic E-state index is 14.5. The van der Waals surface area contributed by atoms with Crippen molar-refractivity contribution >= 4 is 34.5 Å². The van der Waals surface area contributed by atoms with Crippen molar-refractivity contribution in [3.8, 4) is 11.4 Å². The molecule has 19 heteroatoms. The summed E-state index contributed by atoms with van der Waals surface area (Å²) in [6, 6.07) is 12.9. The van der Waals surface area contributed by atoms with Gasteiger partial charge in [-0.2, -0.15) is 22.7 Å². The fraction of sp³-hybridized carbons (Fsp3) is 0.317. The van der Waals surface area contributed by atoms with Crippen LogP contribution in [0.15, 0.2) is 84.4 Å². The Balaban J connectivity index is 1.09. The summed E-state index contributed by atoms with van der Waals surface area (Å²) in [4.78, 5) is 63.0. The number of carbonyl (C=O) groups excluding carboxylic acids is 2. The fourth-order valence-corrected chi connectivity index (χ4v) is 7.40. The number of ether oxygens (including phenoxy) is 2. The molecule has 4 aromatic heterocycles. The van der Waals surface area contributed by atoms with E-state index in [1.54, 1.807) is 16.4 Å². The molecule has 2 amide bonds. The number of benzene rings is 2. The Morgan fingerprint density at radius 3 is 2.53 bits per heavy atom. The number of imidazole rings is 1. The van der Waals surface area contributed by atoms with Gasteiger partial charge >= 0.3 is 6.18 Å². The molecular formula is C41H40F3N11O5. The van der Waals surface area contributed by atoms with Crippen LogP contribution in [0.25, 0.3) is 17.0 Å². The second-order valence-corrected chi connectivity index (χ2v) is 14.2. The molecule has 0 spiro atoms. The van der Waals surface area contributed by atoms with Crippen LogP contribution in [0.1, 0.15) is 52.2 Å². The molecule has 16 nitrogen and oxygen atoms in total. The summed E-state index contributed by atoms with van der Waals surface area (Å²) in [6.07, 6.45) is 3.32. The molecule has 1 fully saturated rings. The molecule has 310 valence electrons. The molecular weight excluding hydrogens is 784 g/mol. The highest BCUT2D eigenvalue weighted by Crippen LogP contribution is 2.35. The molecule has 60 heavy (non-hydrogen) atoms. The number of amides is 2. The van der Waals surface area contributed by atoms with Crippen molar-refractivity contribution in [3.05, 3.63) is 124 Å². The summed E-state index contributed by atoms with van der Waals surface area (Å²) in [5, 5.41) is 7.34. The first-order valence-corrected chi connectivity index (χ1v) is 19.3. The van der Waals surface area contributed by atoms with E-state index in [1.807, 2.05) is 48.2 Å². The average Bonchev–Trinajstić information content (AvgIpc) is 3.96. The number of alkyl halides is 3. The molecule has 1 saturated heterocycles. The van der Waals surface area contributed by atoms with Crippen molar-refractivity contribution < 1.29 is 32.2 Å². The first-order valence-electron chi connectivity index (χ1n) is 19.3. The molecule has 8 rings (SSSR count). The first kappa shape index (κ1) is 39.9. The Hall–Kier alpha value is -6.89. The molecule has 0 saturated carbocycles. The monoisotopic (exact) mass is 823 g/mol. The zero-order chi connectivity index (χ0) is 42.0. The second-order valence-electron chi connectivity index (χ2n) is 14.2. The predicted molar refractivity (Wildman–Crippen MR) is 213 cm³/mol. The number of rotatable bonds is 11. The predicted octanol–water partition coefficient (Wildman–Crippen LogP) is 4.74. The number of halogens is 3. The van der Waals surface area contributed by atoms with Gasteiger partial charge in [-0.15, -0.1) is 5.10 Å². The molecule has 0 atom stereocenters. The van der Waals surface area contributed by atoms with Gasteiger partial charge in [0.25, 0.3) is 11.5 Å². The maximum absolute atomic E-state index is 14.5. The van der Waals surface area contributed by atoms with Crippen molar-refractivity contribution in [1.29, 1.82) is 0 Å². The summed E-state index contributed by atoms with van der Waals surface area (Å²) < 4.78 is 57.4. The number of aryl methyl sites for hydroxylation is 1. The Morgan fingerprint density at radius 1 is 1.03 bits per heavy atom. The van der Waals surface area contributed by atoms with Gasteiger partial charge in [-0.1, -0.05) is 43.3 Å². The van der Waals surface area contributed by atoms with Crippen molar-refractivity contribution in [2.45, 2.75) is 46.0 Å². The van der Waals surface area contributed by atoms with Crippen LogP contribution in [0.3, 0.4) is 0 Å². The van der Waals surface area contributed by atoms with Gasteiger partial charge in [0.2, 0.25) is 11.7 Å². The number of aromatic nitrogens is 8. The van der Waals surface area contributed by atoms with Crippen LogP contribution in [-0.4, -0.2) is 94.8 Å². The van der Waals surface area contributed by atoms with Gasteiger partial charge in [-0.05, 0) is 49.1 Å². The molecule has 6 heterocycles. The van der Waals surface area contributed by atoms with E-state index in [0.29, 0.717) is 54.7 Å². The van der Waals surface area contributed by atoms with Gasteiger partial charge < -0.3 is 33.7 Å². The normalized spacial score (nSPS) is 14.7. The maximum Gasteiger partial charge on any atom is 0.418 e. The lowest BCUT2D eigenvalue weighted by Gasteiger charge is -2.36. The largest absolute Gasteiger partial charge is 0.485 e. The number of hydrogen-bond acceptors (Lipinski definition) is 11. The van der Waals surface area contributed by atoms with E-state index in [4.69, 9.17) is 14.5 Å². The van der Waals surface area contributed by atoms with E-state index in [0.717, 1.165) is 17.2 Å². The van der Waals surface area contributed by atoms with Crippen molar-refractivity contribution in [3.63, 3.8) is 0 Å². The Labute approximate surface area is 340 Å². The molecule has 0 aliphatic carbocycles. The SMILES string of the molecule is CCc1c(N2CCN(C(=O)c3ncnc(C)c3OCc3ccccc3)CC2)c(=O)n2nc(C3=CCOCC3)nc2n1CC(=O)Nc1ccc(C(F)(F)F)c(-n2ccnc2)c1. The van der Waals surface area contributed by atoms with E-state index in [-0.39, 0.29) is 68.1 Å². The van der Waals surface area contributed by atoms with Crippen LogP contribution in [0.5, 0.6) is 5.75 Å². The van der Waals surface area contributed by atoms with Gasteiger partial charge in [-0.3, -0.25) is 14.4 Å². The minimum absolute atomic E-state index is 0.120. The molecule has 2 aromatic carbocycles. The highest BCUT2D eigenvalue weighted by atomic mass is 19.4. The molecule has 0 bridgehead atoms. The fourth-order valence-electron chi connectivity index (χ4n) is 7.40. The van der Waals surface area contributed by atoms with E-state index in [1.165, 1.54) is 46.3 Å². The molecule has 2 aliphatic rings. The molecule has 0 unspecified atom stereocenters. The van der Waals surface area contributed by atoms with Crippen molar-refractivity contribution in [2.75, 3.05) is 49.6 Å². The molecule has 6 aromatic rings. The molecule has 2 aliphatic heterocycles. The summed E-state index contributed by atoms with van der Waals surface area (Å²) in [7, 11) is 0. The lowest BCUT2D eigenvalue weighted by molar-refractivity contribution is -0.137. The average molecular weight is 824 g/mol. The minimum Gasteiger partial charge on any atom is -0.485 e. The van der Waals surface area contributed by atoms with E-state index in [9.17, 15) is 27.6 Å². The number of anilines is 2. The standard InChI is InChI=1S/C41H40F3N11O5/c1-3-31-35(51-15-17-52(18-16-51)38(57)34-36(26(2)46-24-47-34)60-23-27-7-5-4-6-8-27)39(58)55-40(49-37(50-55)28-11-19-59-20-12-28)54(31)22-33(56)48-29-9-10-30(41(42,43)44)32(21-29)53-14-13-45-25-53/h4-11,13-14,21,24-25H,3,12,15-20,22-23H2,1-2H3,(H,48,56). The van der Waals surface area contributed by atoms with Crippen LogP contribution in [0.4, 0.5) is 24.5 Å². The summed E-state index contributed by atoms with van der Waals surface area (Å²) in [5.41, 5.74) is 1.72. The summed E-state index contributed by atoms with van der Waals surface area (Å²) in [6.45, 7) is 5.30. The third-order valence-corrected chi connectivity index (χ3v) is 10.4. The quantitative estimate of drug-likeness (QED) is 0.192. The zero-order valence-electron chi connectivity index (χ0n) is 32.7. The zero-order valence-corrected chi connectivity index (χ0v) is 32.7. The topological polar surface area (TPSA) is 167 Å². The second kappa shape index (κ2) is 16.8. The van der Waals surface area contributed by atoms with Gasteiger partial charge in [0.15, 0.2) is 17.3 Å². The van der Waals surface area contributed by atoms with Crippen LogP contribution < -0.4 is 20.5 Å².